The lowest BCUT2D eigenvalue weighted by atomic mass is 10.2. The maximum Gasteiger partial charge on any atom is 0.239 e. The van der Waals surface area contributed by atoms with Crippen LogP contribution in [-0.4, -0.2) is 35.9 Å². The SMILES string of the molecule is Cc1ccccc1-n1c(SC(C)C(=O)Nc2nc(-c3ccccc3)cs2)nnc1-c1cccnc1. The van der Waals surface area contributed by atoms with Crippen molar-refractivity contribution < 1.29 is 4.79 Å². The number of benzene rings is 2. The second-order valence-electron chi connectivity index (χ2n) is 7.82. The first-order valence-corrected chi connectivity index (χ1v) is 12.8. The van der Waals surface area contributed by atoms with Gasteiger partial charge in [-0.2, -0.15) is 0 Å². The van der Waals surface area contributed by atoms with Crippen LogP contribution in [0.15, 0.2) is 89.7 Å². The first-order chi connectivity index (χ1) is 17.1. The Kier molecular flexibility index (Phi) is 6.69. The van der Waals surface area contributed by atoms with Crippen molar-refractivity contribution in [3.05, 3.63) is 90.1 Å². The van der Waals surface area contributed by atoms with E-state index in [1.54, 1.807) is 12.4 Å². The molecule has 0 aliphatic rings. The molecule has 1 amide bonds. The topological polar surface area (TPSA) is 85.6 Å². The molecule has 3 heterocycles. The number of hydrogen-bond acceptors (Lipinski definition) is 7. The highest BCUT2D eigenvalue weighted by Crippen LogP contribution is 2.32. The van der Waals surface area contributed by atoms with Crippen LogP contribution in [0.5, 0.6) is 0 Å². The molecule has 1 atom stereocenters. The number of nitrogens with zero attached hydrogens (tertiary/aromatic N) is 5. The molecule has 35 heavy (non-hydrogen) atoms. The largest absolute Gasteiger partial charge is 0.301 e. The van der Waals surface area contributed by atoms with E-state index in [1.807, 2.05) is 90.5 Å². The van der Waals surface area contributed by atoms with Gasteiger partial charge in [0.05, 0.1) is 16.6 Å². The lowest BCUT2D eigenvalue weighted by molar-refractivity contribution is -0.115. The highest BCUT2D eigenvalue weighted by Gasteiger charge is 2.23. The summed E-state index contributed by atoms with van der Waals surface area (Å²) in [6.45, 7) is 3.89. The molecule has 0 bridgehead atoms. The molecule has 0 aliphatic carbocycles. The van der Waals surface area contributed by atoms with Crippen molar-refractivity contribution in [2.45, 2.75) is 24.3 Å². The van der Waals surface area contributed by atoms with E-state index in [1.165, 1.54) is 23.1 Å². The van der Waals surface area contributed by atoms with Gasteiger partial charge in [0, 0.05) is 28.9 Å². The van der Waals surface area contributed by atoms with Gasteiger partial charge in [-0.25, -0.2) is 4.98 Å². The van der Waals surface area contributed by atoms with Gasteiger partial charge in [0.25, 0.3) is 0 Å². The fourth-order valence-corrected chi connectivity index (χ4v) is 5.13. The van der Waals surface area contributed by atoms with Gasteiger partial charge >= 0.3 is 0 Å². The van der Waals surface area contributed by atoms with Crippen molar-refractivity contribution in [2.75, 3.05) is 5.32 Å². The summed E-state index contributed by atoms with van der Waals surface area (Å²) in [5.41, 5.74) is 4.74. The zero-order valence-corrected chi connectivity index (χ0v) is 20.8. The molecule has 3 aromatic heterocycles. The average molecular weight is 499 g/mol. The molecule has 0 saturated carbocycles. The van der Waals surface area contributed by atoms with Crippen molar-refractivity contribution in [2.24, 2.45) is 0 Å². The molecule has 5 rings (SSSR count). The molecular formula is C26H22N6OS2. The molecule has 174 valence electrons. The number of thioether (sulfide) groups is 1. The predicted octanol–water partition coefficient (Wildman–Crippen LogP) is 5.88. The lowest BCUT2D eigenvalue weighted by Gasteiger charge is -2.15. The third kappa shape index (κ3) is 5.01. The van der Waals surface area contributed by atoms with E-state index in [-0.39, 0.29) is 5.91 Å². The molecular weight excluding hydrogens is 476 g/mol. The number of para-hydroxylation sites is 1. The summed E-state index contributed by atoms with van der Waals surface area (Å²) in [5.74, 6) is 0.529. The molecule has 0 radical (unpaired) electrons. The predicted molar refractivity (Wildman–Crippen MR) is 141 cm³/mol. The van der Waals surface area contributed by atoms with E-state index in [2.05, 4.69) is 25.5 Å². The first-order valence-electron chi connectivity index (χ1n) is 11.0. The zero-order chi connectivity index (χ0) is 24.2. The van der Waals surface area contributed by atoms with E-state index in [0.29, 0.717) is 16.1 Å². The number of rotatable bonds is 7. The number of aryl methyl sites for hydroxylation is 1. The monoisotopic (exact) mass is 498 g/mol. The van der Waals surface area contributed by atoms with Crippen molar-refractivity contribution in [1.82, 2.24) is 24.7 Å². The van der Waals surface area contributed by atoms with Crippen LogP contribution in [0.4, 0.5) is 5.13 Å². The van der Waals surface area contributed by atoms with Gasteiger partial charge in [-0.3, -0.25) is 14.3 Å². The number of anilines is 1. The van der Waals surface area contributed by atoms with Crippen molar-refractivity contribution in [1.29, 1.82) is 0 Å². The van der Waals surface area contributed by atoms with Crippen LogP contribution >= 0.6 is 23.1 Å². The minimum absolute atomic E-state index is 0.147. The quantitative estimate of drug-likeness (QED) is 0.282. The average Bonchev–Trinajstić information content (AvgIpc) is 3.53. The Hall–Kier alpha value is -3.82. The molecule has 0 aliphatic heterocycles. The van der Waals surface area contributed by atoms with Crippen LogP contribution in [0.3, 0.4) is 0 Å². The standard InChI is InChI=1S/C26H22N6OS2/c1-17-9-6-7-13-22(17)32-23(20-12-8-14-27-15-20)30-31-26(32)35-18(2)24(33)29-25-28-21(16-34-25)19-10-4-3-5-11-19/h3-16,18H,1-2H3,(H,28,29,33). The minimum Gasteiger partial charge on any atom is -0.301 e. The van der Waals surface area contributed by atoms with Gasteiger partial charge in [-0.1, -0.05) is 60.3 Å². The number of carbonyl (C=O) groups is 1. The summed E-state index contributed by atoms with van der Waals surface area (Å²) in [6.07, 6.45) is 3.48. The van der Waals surface area contributed by atoms with E-state index in [9.17, 15) is 4.79 Å². The minimum atomic E-state index is -0.423. The van der Waals surface area contributed by atoms with Gasteiger partial charge in [-0.05, 0) is 37.6 Å². The maximum atomic E-state index is 13.0. The number of amides is 1. The van der Waals surface area contributed by atoms with Crippen molar-refractivity contribution >= 4 is 34.1 Å². The summed E-state index contributed by atoms with van der Waals surface area (Å²) in [7, 11) is 0. The second-order valence-corrected chi connectivity index (χ2v) is 9.99. The molecule has 1 unspecified atom stereocenters. The van der Waals surface area contributed by atoms with Crippen molar-refractivity contribution in [3.8, 4) is 28.3 Å². The van der Waals surface area contributed by atoms with E-state index in [0.717, 1.165) is 28.1 Å². The molecule has 0 fully saturated rings. The third-order valence-corrected chi connectivity index (χ3v) is 7.17. The van der Waals surface area contributed by atoms with Gasteiger partial charge in [-0.15, -0.1) is 21.5 Å². The fraction of sp³-hybridized carbons (Fsp3) is 0.115. The molecule has 7 nitrogen and oxygen atoms in total. The molecule has 0 spiro atoms. The molecule has 2 aromatic carbocycles. The Morgan fingerprint density at radius 3 is 2.54 bits per heavy atom. The molecule has 1 N–H and O–H groups in total. The third-order valence-electron chi connectivity index (χ3n) is 5.36. The van der Waals surface area contributed by atoms with E-state index in [4.69, 9.17) is 0 Å². The van der Waals surface area contributed by atoms with Gasteiger partial charge in [0.1, 0.15) is 0 Å². The Labute approximate surface area is 211 Å². The normalized spacial score (nSPS) is 11.8. The van der Waals surface area contributed by atoms with Crippen LogP contribution < -0.4 is 5.32 Å². The van der Waals surface area contributed by atoms with Crippen LogP contribution in [-0.2, 0) is 4.79 Å². The summed E-state index contributed by atoms with van der Waals surface area (Å²) in [5, 5.41) is 14.5. The highest BCUT2D eigenvalue weighted by atomic mass is 32.2. The Bertz CT molecular complexity index is 1450. The summed E-state index contributed by atoms with van der Waals surface area (Å²) >= 11 is 2.76. The summed E-state index contributed by atoms with van der Waals surface area (Å²) < 4.78 is 1.98. The van der Waals surface area contributed by atoms with Crippen LogP contribution in [0.2, 0.25) is 0 Å². The van der Waals surface area contributed by atoms with Crippen molar-refractivity contribution in [3.63, 3.8) is 0 Å². The summed E-state index contributed by atoms with van der Waals surface area (Å²) in [4.78, 5) is 21.8. The Balaban J connectivity index is 1.39. The Morgan fingerprint density at radius 1 is 1.00 bits per heavy atom. The smallest absolute Gasteiger partial charge is 0.239 e. The number of aromatic nitrogens is 5. The number of carbonyl (C=O) groups excluding carboxylic acids is 1. The molecule has 0 saturated heterocycles. The van der Waals surface area contributed by atoms with E-state index >= 15 is 0 Å². The molecule has 5 aromatic rings. The van der Waals surface area contributed by atoms with Crippen LogP contribution in [0, 0.1) is 6.92 Å². The Morgan fingerprint density at radius 2 is 1.77 bits per heavy atom. The zero-order valence-electron chi connectivity index (χ0n) is 19.1. The van der Waals surface area contributed by atoms with Gasteiger partial charge in [0.15, 0.2) is 16.1 Å². The fourth-order valence-electron chi connectivity index (χ4n) is 3.55. The number of pyridine rings is 1. The van der Waals surface area contributed by atoms with Crippen LogP contribution in [0.25, 0.3) is 28.3 Å². The second kappa shape index (κ2) is 10.2. The van der Waals surface area contributed by atoms with Crippen LogP contribution in [0.1, 0.15) is 12.5 Å². The molecule has 9 heteroatoms. The maximum absolute atomic E-state index is 13.0. The lowest BCUT2D eigenvalue weighted by Crippen LogP contribution is -2.22. The number of hydrogen-bond donors (Lipinski definition) is 1. The highest BCUT2D eigenvalue weighted by molar-refractivity contribution is 8.00. The first kappa shape index (κ1) is 22.9. The van der Waals surface area contributed by atoms with E-state index < -0.39 is 5.25 Å². The van der Waals surface area contributed by atoms with Gasteiger partial charge < -0.3 is 5.32 Å². The number of thiazole rings is 1. The number of nitrogens with one attached hydrogen (secondary N) is 1. The summed E-state index contributed by atoms with van der Waals surface area (Å²) in [6, 6.07) is 21.7. The van der Waals surface area contributed by atoms with Gasteiger partial charge in [0.2, 0.25) is 5.91 Å².